The first-order valence-electron chi connectivity index (χ1n) is 11.9. The van der Waals surface area contributed by atoms with Crippen LogP contribution in [0, 0.1) is 34.0 Å². The Morgan fingerprint density at radius 2 is 1.94 bits per heavy atom. The van der Waals surface area contributed by atoms with Gasteiger partial charge in [0.2, 0.25) is 0 Å². The number of hydrogen-bond acceptors (Lipinski definition) is 7. The van der Waals surface area contributed by atoms with Gasteiger partial charge in [0.05, 0.1) is 12.0 Å². The lowest BCUT2D eigenvalue weighted by Gasteiger charge is -2.56. The molecule has 7 heteroatoms. The van der Waals surface area contributed by atoms with E-state index in [4.69, 9.17) is 9.47 Å². The maximum atomic E-state index is 13.5. The van der Waals surface area contributed by atoms with Crippen LogP contribution in [0.4, 0.5) is 0 Å². The topological polar surface area (TPSA) is 110 Å². The van der Waals surface area contributed by atoms with E-state index in [0.717, 1.165) is 12.0 Å². The Kier molecular flexibility index (Phi) is 5.69. The fraction of sp³-hybridized carbons (Fsp3) is 0.731. The molecule has 4 aliphatic rings. The van der Waals surface area contributed by atoms with Crippen molar-refractivity contribution < 1.29 is 34.1 Å². The third-order valence-corrected chi connectivity index (χ3v) is 8.97. The molecule has 0 amide bonds. The van der Waals surface area contributed by atoms with Gasteiger partial charge in [-0.3, -0.25) is 14.4 Å². The van der Waals surface area contributed by atoms with Crippen molar-refractivity contribution in [3.8, 4) is 0 Å². The number of aliphatic hydroxyl groups is 2. The molecule has 0 heterocycles. The minimum absolute atomic E-state index is 0.0546. The average molecular weight is 461 g/mol. The van der Waals surface area contributed by atoms with Crippen LogP contribution < -0.4 is 0 Å². The minimum Gasteiger partial charge on any atom is -0.465 e. The lowest BCUT2D eigenvalue weighted by molar-refractivity contribution is -0.188. The SMILES string of the molecule is C=C[C@@]1(C)CCC2=C(C(=O)[C@H](O)[C@@H]3[C@](C)(COC(=O)C(C)C)[C@H](OC(C)=O)C[C@H]4C[C@]243)[C@H]1O. The Hall–Kier alpha value is -1.99. The van der Waals surface area contributed by atoms with Crippen molar-refractivity contribution in [2.45, 2.75) is 78.6 Å². The Labute approximate surface area is 195 Å². The summed E-state index contributed by atoms with van der Waals surface area (Å²) < 4.78 is 11.3. The molecule has 2 fully saturated rings. The molecule has 0 bridgehead atoms. The van der Waals surface area contributed by atoms with Crippen LogP contribution in [0.3, 0.4) is 0 Å². The van der Waals surface area contributed by atoms with Crippen molar-refractivity contribution in [3.63, 3.8) is 0 Å². The standard InChI is InChI=1S/C26H36O7/c1-7-24(5)9-8-16-18(22(24)30)19(28)20(29)21-25(6,12-32-23(31)13(2)3)17(33-14(4)27)10-15-11-26(15,16)21/h7,13,15,17,20-22,29-30H,1,8-12H2,2-6H3/t15-,17+,20-,21+,22+,24-,25+,26+/m0/s1. The zero-order chi connectivity index (χ0) is 24.5. The third-order valence-electron chi connectivity index (χ3n) is 8.97. The van der Waals surface area contributed by atoms with Gasteiger partial charge >= 0.3 is 11.9 Å². The minimum atomic E-state index is -1.38. The molecule has 8 atom stereocenters. The molecule has 2 N–H and O–H groups in total. The molecule has 0 aromatic heterocycles. The number of hydrogen-bond donors (Lipinski definition) is 2. The second kappa shape index (κ2) is 7.77. The van der Waals surface area contributed by atoms with Crippen molar-refractivity contribution in [1.82, 2.24) is 0 Å². The van der Waals surface area contributed by atoms with Gasteiger partial charge in [-0.05, 0) is 31.6 Å². The molecule has 4 rings (SSSR count). The zero-order valence-electron chi connectivity index (χ0n) is 20.2. The Morgan fingerprint density at radius 1 is 1.27 bits per heavy atom. The van der Waals surface area contributed by atoms with Gasteiger partial charge in [0.15, 0.2) is 5.78 Å². The first-order valence-corrected chi connectivity index (χ1v) is 11.9. The van der Waals surface area contributed by atoms with Gasteiger partial charge in [-0.15, -0.1) is 6.58 Å². The number of ketones is 1. The van der Waals surface area contributed by atoms with Gasteiger partial charge in [-0.1, -0.05) is 39.3 Å². The van der Waals surface area contributed by atoms with Gasteiger partial charge in [-0.2, -0.15) is 0 Å². The fourth-order valence-electron chi connectivity index (χ4n) is 6.95. The van der Waals surface area contributed by atoms with Crippen LogP contribution in [-0.2, 0) is 23.9 Å². The fourth-order valence-corrected chi connectivity index (χ4v) is 6.95. The highest BCUT2D eigenvalue weighted by Crippen LogP contribution is 2.76. The van der Waals surface area contributed by atoms with Crippen LogP contribution in [0.15, 0.2) is 23.8 Å². The zero-order valence-corrected chi connectivity index (χ0v) is 20.2. The summed E-state index contributed by atoms with van der Waals surface area (Å²) in [6.07, 6.45) is 1.33. The first-order chi connectivity index (χ1) is 15.3. The van der Waals surface area contributed by atoms with Crippen molar-refractivity contribution in [2.24, 2.45) is 34.0 Å². The number of carbonyl (C=O) groups excluding carboxylic acids is 3. The van der Waals surface area contributed by atoms with Gasteiger partial charge in [0, 0.05) is 34.7 Å². The van der Waals surface area contributed by atoms with Crippen molar-refractivity contribution in [3.05, 3.63) is 23.8 Å². The number of Topliss-reactive ketones (excluding diaryl/α,β-unsaturated/α-hetero) is 1. The molecule has 4 aliphatic carbocycles. The predicted molar refractivity (Wildman–Crippen MR) is 120 cm³/mol. The monoisotopic (exact) mass is 460 g/mol. The van der Waals surface area contributed by atoms with Crippen LogP contribution in [-0.4, -0.2) is 52.9 Å². The van der Waals surface area contributed by atoms with E-state index < -0.39 is 52.2 Å². The van der Waals surface area contributed by atoms with Crippen LogP contribution in [0.25, 0.3) is 0 Å². The Balaban J connectivity index is 1.80. The van der Waals surface area contributed by atoms with Gasteiger partial charge in [0.25, 0.3) is 0 Å². The highest BCUT2D eigenvalue weighted by Gasteiger charge is 2.76. The highest BCUT2D eigenvalue weighted by molar-refractivity contribution is 6.02. The van der Waals surface area contributed by atoms with Gasteiger partial charge in [-0.25, -0.2) is 0 Å². The average Bonchev–Trinajstić information content (AvgIpc) is 3.45. The molecule has 2 saturated carbocycles. The van der Waals surface area contributed by atoms with Crippen LogP contribution >= 0.6 is 0 Å². The van der Waals surface area contributed by atoms with E-state index in [1.165, 1.54) is 6.92 Å². The lowest BCUT2D eigenvalue weighted by atomic mass is 9.50. The number of carbonyl (C=O) groups is 3. The molecular formula is C26H36O7. The second-order valence-electron chi connectivity index (χ2n) is 11.3. The molecule has 0 unspecified atom stereocenters. The third kappa shape index (κ3) is 3.34. The van der Waals surface area contributed by atoms with Crippen LogP contribution in [0.2, 0.25) is 0 Å². The molecule has 0 aliphatic heterocycles. The number of aliphatic hydroxyl groups excluding tert-OH is 2. The van der Waals surface area contributed by atoms with Crippen molar-refractivity contribution in [1.29, 1.82) is 0 Å². The summed E-state index contributed by atoms with van der Waals surface area (Å²) in [6.45, 7) is 12.4. The molecule has 0 aromatic carbocycles. The Bertz CT molecular complexity index is 935. The summed E-state index contributed by atoms with van der Waals surface area (Å²) >= 11 is 0. The van der Waals surface area contributed by atoms with E-state index in [1.54, 1.807) is 19.9 Å². The number of rotatable bonds is 5. The number of esters is 2. The molecule has 1 spiro atoms. The summed E-state index contributed by atoms with van der Waals surface area (Å²) in [7, 11) is 0. The molecule has 0 radical (unpaired) electrons. The molecule has 7 nitrogen and oxygen atoms in total. The lowest BCUT2D eigenvalue weighted by Crippen LogP contribution is -2.62. The Morgan fingerprint density at radius 3 is 2.52 bits per heavy atom. The van der Waals surface area contributed by atoms with Crippen LogP contribution in [0.1, 0.15) is 60.3 Å². The number of allylic oxidation sites excluding steroid dienone is 1. The smallest absolute Gasteiger partial charge is 0.308 e. The van der Waals surface area contributed by atoms with E-state index in [9.17, 15) is 24.6 Å². The summed E-state index contributed by atoms with van der Waals surface area (Å²) in [5.41, 5.74) is -0.764. The maximum Gasteiger partial charge on any atom is 0.308 e. The number of ether oxygens (including phenoxy) is 2. The van der Waals surface area contributed by atoms with E-state index in [2.05, 4.69) is 6.58 Å². The predicted octanol–water partition coefficient (Wildman–Crippen LogP) is 2.74. The molecule has 0 aromatic rings. The molecule has 182 valence electrons. The summed E-state index contributed by atoms with van der Waals surface area (Å²) in [4.78, 5) is 37.8. The van der Waals surface area contributed by atoms with Gasteiger partial charge < -0.3 is 19.7 Å². The van der Waals surface area contributed by atoms with E-state index in [0.29, 0.717) is 24.8 Å². The molecule has 0 saturated heterocycles. The highest BCUT2D eigenvalue weighted by atomic mass is 16.6. The maximum absolute atomic E-state index is 13.5. The molecular weight excluding hydrogens is 424 g/mol. The normalized spacial score (nSPS) is 43.9. The van der Waals surface area contributed by atoms with Gasteiger partial charge in [0.1, 0.15) is 18.8 Å². The quantitative estimate of drug-likeness (QED) is 0.479. The summed E-state index contributed by atoms with van der Waals surface area (Å²) in [5, 5.41) is 22.6. The summed E-state index contributed by atoms with van der Waals surface area (Å²) in [5.74, 6) is -2.06. The van der Waals surface area contributed by atoms with Crippen molar-refractivity contribution >= 4 is 17.7 Å². The van der Waals surface area contributed by atoms with E-state index in [1.807, 2.05) is 13.8 Å². The van der Waals surface area contributed by atoms with E-state index >= 15 is 0 Å². The largest absolute Gasteiger partial charge is 0.465 e. The first kappa shape index (κ1) is 24.1. The van der Waals surface area contributed by atoms with E-state index in [-0.39, 0.29) is 24.4 Å². The van der Waals surface area contributed by atoms with Crippen LogP contribution in [0.5, 0.6) is 0 Å². The second-order valence-corrected chi connectivity index (χ2v) is 11.3. The molecule has 33 heavy (non-hydrogen) atoms. The van der Waals surface area contributed by atoms with Crippen molar-refractivity contribution in [2.75, 3.05) is 6.61 Å². The summed E-state index contributed by atoms with van der Waals surface area (Å²) in [6, 6.07) is 0.